The Morgan fingerprint density at radius 3 is 2.67 bits per heavy atom. The smallest absolute Gasteiger partial charge is 0.265 e. The van der Waals surface area contributed by atoms with Crippen LogP contribution in [0.3, 0.4) is 0 Å². The summed E-state index contributed by atoms with van der Waals surface area (Å²) in [4.78, 5) is 16.7. The van der Waals surface area contributed by atoms with Crippen molar-refractivity contribution in [2.75, 3.05) is 5.32 Å². The maximum Gasteiger partial charge on any atom is 0.265 e. The second-order valence-corrected chi connectivity index (χ2v) is 5.27. The highest BCUT2D eigenvalue weighted by Crippen LogP contribution is 2.21. The Kier molecular flexibility index (Phi) is 4.39. The van der Waals surface area contributed by atoms with Crippen LogP contribution in [0.25, 0.3) is 10.9 Å². The molecule has 0 saturated carbocycles. The zero-order valence-corrected chi connectivity index (χ0v) is 13.1. The van der Waals surface area contributed by atoms with Crippen molar-refractivity contribution in [2.24, 2.45) is 0 Å². The van der Waals surface area contributed by atoms with Crippen molar-refractivity contribution in [3.05, 3.63) is 66.4 Å². The number of nitrogens with zero attached hydrogens (tertiary/aromatic N) is 2. The lowest BCUT2D eigenvalue weighted by Gasteiger charge is -2.15. The maximum atomic E-state index is 12.4. The predicted molar refractivity (Wildman–Crippen MR) is 91.6 cm³/mol. The third-order valence-corrected chi connectivity index (χ3v) is 3.56. The zero-order chi connectivity index (χ0) is 16.9. The quantitative estimate of drug-likeness (QED) is 0.799. The van der Waals surface area contributed by atoms with Gasteiger partial charge in [0.25, 0.3) is 5.91 Å². The number of hydrogen-bond acceptors (Lipinski definition) is 4. The van der Waals surface area contributed by atoms with Crippen molar-refractivity contribution in [1.29, 1.82) is 5.26 Å². The van der Waals surface area contributed by atoms with Gasteiger partial charge in [-0.25, -0.2) is 0 Å². The van der Waals surface area contributed by atoms with Gasteiger partial charge in [0.2, 0.25) is 0 Å². The van der Waals surface area contributed by atoms with Gasteiger partial charge in [-0.15, -0.1) is 0 Å². The minimum Gasteiger partial charge on any atom is -0.481 e. The fourth-order valence-corrected chi connectivity index (χ4v) is 2.31. The van der Waals surface area contributed by atoms with E-state index in [4.69, 9.17) is 10.00 Å². The normalized spacial score (nSPS) is 11.5. The van der Waals surface area contributed by atoms with Crippen LogP contribution in [0.15, 0.2) is 60.8 Å². The molecule has 0 radical (unpaired) electrons. The number of ether oxygens (including phenoxy) is 1. The molecule has 0 aliphatic rings. The fraction of sp³-hybridized carbons (Fsp3) is 0.105. The van der Waals surface area contributed by atoms with Crippen molar-refractivity contribution in [2.45, 2.75) is 13.0 Å². The average molecular weight is 317 g/mol. The van der Waals surface area contributed by atoms with Crippen LogP contribution in [-0.4, -0.2) is 17.0 Å². The van der Waals surface area contributed by atoms with Crippen LogP contribution >= 0.6 is 0 Å². The van der Waals surface area contributed by atoms with E-state index in [1.165, 1.54) is 0 Å². The molecule has 0 aliphatic heterocycles. The van der Waals surface area contributed by atoms with Crippen LogP contribution in [-0.2, 0) is 4.79 Å². The van der Waals surface area contributed by atoms with Crippen molar-refractivity contribution < 1.29 is 9.53 Å². The number of benzene rings is 2. The maximum absolute atomic E-state index is 12.4. The Balaban J connectivity index is 1.72. The summed E-state index contributed by atoms with van der Waals surface area (Å²) in [6.45, 7) is 1.67. The molecule has 0 aliphatic carbocycles. The molecular weight excluding hydrogens is 302 g/mol. The van der Waals surface area contributed by atoms with Crippen LogP contribution in [0.4, 0.5) is 5.69 Å². The number of rotatable bonds is 4. The number of fused-ring (bicyclic) bond motifs is 1. The molecule has 5 nitrogen and oxygen atoms in total. The van der Waals surface area contributed by atoms with Gasteiger partial charge in [0.05, 0.1) is 22.8 Å². The van der Waals surface area contributed by atoms with Gasteiger partial charge in [0.1, 0.15) is 5.75 Å². The van der Waals surface area contributed by atoms with Crippen LogP contribution in [0.1, 0.15) is 12.5 Å². The van der Waals surface area contributed by atoms with Crippen molar-refractivity contribution >= 4 is 22.5 Å². The zero-order valence-electron chi connectivity index (χ0n) is 13.1. The summed E-state index contributed by atoms with van der Waals surface area (Å²) in [5.74, 6) is 0.269. The number of pyridine rings is 1. The van der Waals surface area contributed by atoms with E-state index in [0.717, 1.165) is 10.9 Å². The number of para-hydroxylation sites is 1. The van der Waals surface area contributed by atoms with Gasteiger partial charge in [0, 0.05) is 11.6 Å². The minimum absolute atomic E-state index is 0.266. The van der Waals surface area contributed by atoms with Gasteiger partial charge >= 0.3 is 0 Å². The van der Waals surface area contributed by atoms with Gasteiger partial charge in [-0.1, -0.05) is 18.2 Å². The molecular formula is C19H15N3O2. The van der Waals surface area contributed by atoms with E-state index in [9.17, 15) is 4.79 Å². The predicted octanol–water partition coefficient (Wildman–Crippen LogP) is 3.51. The third kappa shape index (κ3) is 3.33. The summed E-state index contributed by atoms with van der Waals surface area (Å²) >= 11 is 0. The molecule has 1 heterocycles. The number of nitriles is 1. The number of anilines is 1. The number of aromatic nitrogens is 1. The molecule has 2 aromatic carbocycles. The van der Waals surface area contributed by atoms with Crippen LogP contribution in [0.5, 0.6) is 5.75 Å². The molecule has 0 bridgehead atoms. The Morgan fingerprint density at radius 1 is 1.17 bits per heavy atom. The summed E-state index contributed by atoms with van der Waals surface area (Å²) in [5, 5.41) is 12.6. The second-order valence-electron chi connectivity index (χ2n) is 5.27. The van der Waals surface area contributed by atoms with E-state index < -0.39 is 6.10 Å². The number of carbonyl (C=O) groups excluding carboxylic acids is 1. The lowest BCUT2D eigenvalue weighted by Crippen LogP contribution is -2.30. The van der Waals surface area contributed by atoms with Gasteiger partial charge < -0.3 is 10.1 Å². The van der Waals surface area contributed by atoms with E-state index in [2.05, 4.69) is 10.3 Å². The van der Waals surface area contributed by atoms with Gasteiger partial charge in [-0.3, -0.25) is 9.78 Å². The molecule has 1 amide bonds. The number of nitrogens with one attached hydrogen (secondary N) is 1. The van der Waals surface area contributed by atoms with E-state index >= 15 is 0 Å². The van der Waals surface area contributed by atoms with Gasteiger partial charge in [0.15, 0.2) is 6.10 Å². The Morgan fingerprint density at radius 2 is 1.92 bits per heavy atom. The van der Waals surface area contributed by atoms with Crippen LogP contribution in [0.2, 0.25) is 0 Å². The molecule has 3 rings (SSSR count). The first kappa shape index (κ1) is 15.5. The summed E-state index contributed by atoms with van der Waals surface area (Å²) in [5.41, 5.74) is 1.92. The molecule has 1 atom stereocenters. The van der Waals surface area contributed by atoms with E-state index in [0.29, 0.717) is 17.0 Å². The number of amides is 1. The Bertz CT molecular complexity index is 909. The van der Waals surface area contributed by atoms with Crippen molar-refractivity contribution in [3.8, 4) is 11.8 Å². The van der Waals surface area contributed by atoms with E-state index in [-0.39, 0.29) is 5.91 Å². The van der Waals surface area contributed by atoms with Crippen LogP contribution < -0.4 is 10.1 Å². The highest BCUT2D eigenvalue weighted by Gasteiger charge is 2.16. The summed E-state index contributed by atoms with van der Waals surface area (Å²) in [6, 6.07) is 18.1. The number of hydrogen-bond donors (Lipinski definition) is 1. The first-order valence-corrected chi connectivity index (χ1v) is 7.49. The molecule has 3 aromatic rings. The lowest BCUT2D eigenvalue weighted by molar-refractivity contribution is -0.122. The van der Waals surface area contributed by atoms with Gasteiger partial charge in [-0.2, -0.15) is 5.26 Å². The Labute approximate surface area is 139 Å². The second kappa shape index (κ2) is 6.80. The summed E-state index contributed by atoms with van der Waals surface area (Å²) in [6.07, 6.45) is 1.01. The monoisotopic (exact) mass is 317 g/mol. The molecule has 0 spiro atoms. The van der Waals surface area contributed by atoms with E-state index in [1.807, 2.05) is 36.4 Å². The molecule has 5 heteroatoms. The highest BCUT2D eigenvalue weighted by atomic mass is 16.5. The first-order valence-electron chi connectivity index (χ1n) is 7.49. The fourth-order valence-electron chi connectivity index (χ4n) is 2.31. The van der Waals surface area contributed by atoms with E-state index in [1.54, 1.807) is 37.4 Å². The van der Waals surface area contributed by atoms with Crippen molar-refractivity contribution in [3.63, 3.8) is 0 Å². The highest BCUT2D eigenvalue weighted by molar-refractivity contribution is 6.01. The summed E-state index contributed by atoms with van der Waals surface area (Å²) < 4.78 is 5.62. The lowest BCUT2D eigenvalue weighted by atomic mass is 10.2. The van der Waals surface area contributed by atoms with Crippen molar-refractivity contribution in [1.82, 2.24) is 4.98 Å². The molecule has 1 aromatic heterocycles. The largest absolute Gasteiger partial charge is 0.481 e. The molecule has 24 heavy (non-hydrogen) atoms. The third-order valence-electron chi connectivity index (χ3n) is 3.56. The molecule has 0 fully saturated rings. The first-order chi connectivity index (χ1) is 11.7. The van der Waals surface area contributed by atoms with Gasteiger partial charge in [-0.05, 0) is 43.3 Å². The number of carbonyl (C=O) groups is 1. The molecule has 0 unspecified atom stereocenters. The minimum atomic E-state index is -0.683. The molecule has 118 valence electrons. The molecule has 1 N–H and O–H groups in total. The SMILES string of the molecule is C[C@H](Oc1ccc(C#N)cc1)C(=O)Nc1cccc2cccnc12. The average Bonchev–Trinajstić information content (AvgIpc) is 2.62. The topological polar surface area (TPSA) is 75.0 Å². The van der Waals surface area contributed by atoms with Crippen LogP contribution in [0, 0.1) is 11.3 Å². The standard InChI is InChI=1S/C19H15N3O2/c1-13(24-16-9-7-14(12-20)8-10-16)19(23)22-17-6-2-4-15-5-3-11-21-18(15)17/h2-11,13H,1H3,(H,22,23)/t13-/m0/s1. The summed E-state index contributed by atoms with van der Waals surface area (Å²) in [7, 11) is 0. The Hall–Kier alpha value is -3.39. The molecule has 0 saturated heterocycles.